The van der Waals surface area contributed by atoms with Gasteiger partial charge in [0.2, 0.25) is 11.9 Å². The molecule has 0 N–H and O–H groups in total. The molecule has 1 aliphatic rings. The lowest BCUT2D eigenvalue weighted by molar-refractivity contribution is -0.117. The topological polar surface area (TPSA) is 67.2 Å². The van der Waals surface area contributed by atoms with E-state index in [9.17, 15) is 4.79 Å². The van der Waals surface area contributed by atoms with Crippen LogP contribution in [0.2, 0.25) is 0 Å². The van der Waals surface area contributed by atoms with Gasteiger partial charge in [-0.15, -0.1) is 0 Å². The molecule has 0 unspecified atom stereocenters. The van der Waals surface area contributed by atoms with Crippen LogP contribution in [-0.2, 0) is 4.79 Å². The van der Waals surface area contributed by atoms with Crippen LogP contribution in [0.3, 0.4) is 0 Å². The molecular formula is C29H24N6O. The fraction of sp³-hybridized carbons (Fsp3) is 0.172. The number of carbonyl (C=O) groups is 1. The number of carbonyl (C=O) groups excluding carboxylic acids is 1. The van der Waals surface area contributed by atoms with Crippen molar-refractivity contribution in [2.75, 3.05) is 30.4 Å². The number of benzene rings is 2. The molecule has 1 saturated heterocycles. The molecular weight excluding hydrogens is 448 g/mol. The van der Waals surface area contributed by atoms with Gasteiger partial charge in [-0.25, -0.2) is 4.98 Å². The van der Waals surface area contributed by atoms with Gasteiger partial charge in [0.25, 0.3) is 0 Å². The predicted octanol–water partition coefficient (Wildman–Crippen LogP) is 4.56. The van der Waals surface area contributed by atoms with Crippen LogP contribution in [0.5, 0.6) is 0 Å². The molecule has 0 radical (unpaired) electrons. The van der Waals surface area contributed by atoms with E-state index in [4.69, 9.17) is 4.98 Å². The standard InChI is InChI=1S/C29H24N6O/c1-33(2)29-32-26-19-31-25-14-9-20(7-8-21-5-3-15-30-18-21)17-24(25)28(26)35(29)23-12-10-22(11-13-23)34-16-4-6-27(34)36/h3,5,9-15,17-19H,4,6,16H2,1-2H3. The van der Waals surface area contributed by atoms with E-state index in [1.807, 2.05) is 78.6 Å². The maximum absolute atomic E-state index is 12.2. The molecule has 0 saturated carbocycles. The summed E-state index contributed by atoms with van der Waals surface area (Å²) in [5.41, 5.74) is 6.31. The minimum atomic E-state index is 0.182. The van der Waals surface area contributed by atoms with Gasteiger partial charge in [0.15, 0.2) is 0 Å². The molecule has 0 atom stereocenters. The third-order valence-electron chi connectivity index (χ3n) is 6.37. The Bertz CT molecular complexity index is 1660. The average molecular weight is 473 g/mol. The van der Waals surface area contributed by atoms with Crippen molar-refractivity contribution in [3.63, 3.8) is 0 Å². The first-order chi connectivity index (χ1) is 17.6. The summed E-state index contributed by atoms with van der Waals surface area (Å²) >= 11 is 0. The van der Waals surface area contributed by atoms with Crippen LogP contribution in [0.4, 0.5) is 11.6 Å². The zero-order valence-corrected chi connectivity index (χ0v) is 20.1. The Morgan fingerprint density at radius 1 is 0.917 bits per heavy atom. The molecule has 0 bridgehead atoms. The summed E-state index contributed by atoms with van der Waals surface area (Å²) in [4.78, 5) is 29.7. The monoisotopic (exact) mass is 472 g/mol. The molecule has 7 nitrogen and oxygen atoms in total. The van der Waals surface area contributed by atoms with Crippen molar-refractivity contribution in [2.45, 2.75) is 12.8 Å². The minimum absolute atomic E-state index is 0.182. The van der Waals surface area contributed by atoms with E-state index in [0.717, 1.165) is 63.4 Å². The highest BCUT2D eigenvalue weighted by Gasteiger charge is 2.22. The number of hydrogen-bond acceptors (Lipinski definition) is 5. The van der Waals surface area contributed by atoms with Crippen molar-refractivity contribution in [1.29, 1.82) is 0 Å². The van der Waals surface area contributed by atoms with E-state index in [-0.39, 0.29) is 5.91 Å². The number of fused-ring (bicyclic) bond motifs is 3. The van der Waals surface area contributed by atoms with Crippen LogP contribution < -0.4 is 9.80 Å². The highest BCUT2D eigenvalue weighted by Crippen LogP contribution is 2.32. The number of pyridine rings is 2. The molecule has 0 aliphatic carbocycles. The van der Waals surface area contributed by atoms with Gasteiger partial charge < -0.3 is 9.80 Å². The van der Waals surface area contributed by atoms with Crippen LogP contribution in [0.1, 0.15) is 24.0 Å². The van der Waals surface area contributed by atoms with E-state index in [2.05, 4.69) is 32.4 Å². The lowest BCUT2D eigenvalue weighted by Crippen LogP contribution is -2.23. The van der Waals surface area contributed by atoms with Crippen molar-refractivity contribution in [3.8, 4) is 17.5 Å². The second kappa shape index (κ2) is 8.82. The van der Waals surface area contributed by atoms with Gasteiger partial charge in [0, 0.05) is 67.3 Å². The SMILES string of the molecule is CN(C)c1nc2cnc3ccc(C#Cc4cccnc4)cc3c2n1-c1ccc(N2CCCC2=O)cc1. The number of amides is 1. The normalized spacial score (nSPS) is 13.3. The molecule has 7 heteroatoms. The van der Waals surface area contributed by atoms with Crippen molar-refractivity contribution >= 4 is 39.5 Å². The molecule has 6 rings (SSSR count). The molecule has 176 valence electrons. The van der Waals surface area contributed by atoms with Gasteiger partial charge in [-0.05, 0) is 61.0 Å². The van der Waals surface area contributed by atoms with Crippen molar-refractivity contribution in [2.24, 2.45) is 0 Å². The van der Waals surface area contributed by atoms with Crippen LogP contribution in [0.25, 0.3) is 27.6 Å². The Morgan fingerprint density at radius 2 is 1.72 bits per heavy atom. The number of hydrogen-bond donors (Lipinski definition) is 0. The Hall–Kier alpha value is -4.70. The second-order valence-electron chi connectivity index (χ2n) is 9.02. The molecule has 4 heterocycles. The summed E-state index contributed by atoms with van der Waals surface area (Å²) in [6, 6.07) is 18.0. The largest absolute Gasteiger partial charge is 0.348 e. The van der Waals surface area contributed by atoms with Gasteiger partial charge in [0.05, 0.1) is 17.2 Å². The maximum Gasteiger partial charge on any atom is 0.227 e. The number of nitrogens with zero attached hydrogens (tertiary/aromatic N) is 6. The first kappa shape index (κ1) is 21.8. The fourth-order valence-corrected chi connectivity index (χ4v) is 4.65. The summed E-state index contributed by atoms with van der Waals surface area (Å²) in [5.74, 6) is 7.42. The second-order valence-corrected chi connectivity index (χ2v) is 9.02. The van der Waals surface area contributed by atoms with E-state index >= 15 is 0 Å². The van der Waals surface area contributed by atoms with E-state index in [1.54, 1.807) is 12.4 Å². The molecule has 1 aliphatic heterocycles. The lowest BCUT2D eigenvalue weighted by Gasteiger charge is -2.18. The molecule has 1 fully saturated rings. The van der Waals surface area contributed by atoms with Gasteiger partial charge in [-0.2, -0.15) is 0 Å². The quantitative estimate of drug-likeness (QED) is 0.360. The Kier molecular flexibility index (Phi) is 5.34. The zero-order valence-electron chi connectivity index (χ0n) is 20.1. The Labute approximate surface area is 209 Å². The minimum Gasteiger partial charge on any atom is -0.348 e. The van der Waals surface area contributed by atoms with E-state index in [1.165, 1.54) is 0 Å². The van der Waals surface area contributed by atoms with Crippen molar-refractivity contribution in [1.82, 2.24) is 19.5 Å². The Balaban J connectivity index is 1.51. The molecule has 36 heavy (non-hydrogen) atoms. The van der Waals surface area contributed by atoms with Crippen LogP contribution in [0, 0.1) is 11.8 Å². The highest BCUT2D eigenvalue weighted by atomic mass is 16.2. The molecule has 1 amide bonds. The molecule has 3 aromatic heterocycles. The van der Waals surface area contributed by atoms with E-state index < -0.39 is 0 Å². The van der Waals surface area contributed by atoms with Crippen molar-refractivity contribution in [3.05, 3.63) is 84.3 Å². The van der Waals surface area contributed by atoms with Crippen LogP contribution in [-0.4, -0.2) is 46.1 Å². The number of rotatable bonds is 3. The summed E-state index contributed by atoms with van der Waals surface area (Å²) < 4.78 is 2.15. The van der Waals surface area contributed by atoms with Gasteiger partial charge in [-0.1, -0.05) is 11.8 Å². The average Bonchev–Trinajstić information content (AvgIpc) is 3.52. The van der Waals surface area contributed by atoms with Crippen LogP contribution in [0.15, 0.2) is 73.2 Å². The third-order valence-corrected chi connectivity index (χ3v) is 6.37. The summed E-state index contributed by atoms with van der Waals surface area (Å²) in [7, 11) is 3.96. The fourth-order valence-electron chi connectivity index (χ4n) is 4.65. The van der Waals surface area contributed by atoms with Gasteiger partial charge in [-0.3, -0.25) is 19.3 Å². The van der Waals surface area contributed by atoms with Gasteiger partial charge in [0.1, 0.15) is 5.52 Å². The number of imidazole rings is 1. The first-order valence-corrected chi connectivity index (χ1v) is 11.9. The molecule has 0 spiro atoms. The predicted molar refractivity (Wildman–Crippen MR) is 143 cm³/mol. The smallest absolute Gasteiger partial charge is 0.227 e. The first-order valence-electron chi connectivity index (χ1n) is 11.9. The lowest BCUT2D eigenvalue weighted by atomic mass is 10.1. The number of anilines is 2. The van der Waals surface area contributed by atoms with E-state index in [0.29, 0.717) is 6.42 Å². The maximum atomic E-state index is 12.2. The summed E-state index contributed by atoms with van der Waals surface area (Å²) in [6.07, 6.45) is 6.83. The van der Waals surface area contributed by atoms with Gasteiger partial charge >= 0.3 is 0 Å². The molecule has 2 aromatic carbocycles. The van der Waals surface area contributed by atoms with Crippen LogP contribution >= 0.6 is 0 Å². The summed E-state index contributed by atoms with van der Waals surface area (Å²) in [6.45, 7) is 0.772. The summed E-state index contributed by atoms with van der Waals surface area (Å²) in [5, 5.41) is 0.977. The third kappa shape index (κ3) is 3.83. The van der Waals surface area contributed by atoms with Crippen molar-refractivity contribution < 1.29 is 4.79 Å². The zero-order chi connectivity index (χ0) is 24.6. The number of aromatic nitrogens is 4. The molecule has 5 aromatic rings. The Morgan fingerprint density at radius 3 is 2.44 bits per heavy atom. The highest BCUT2D eigenvalue weighted by molar-refractivity contribution is 6.04.